The summed E-state index contributed by atoms with van der Waals surface area (Å²) >= 11 is 0. The summed E-state index contributed by atoms with van der Waals surface area (Å²) < 4.78 is 1.99. The van der Waals surface area contributed by atoms with Crippen molar-refractivity contribution < 1.29 is 4.79 Å². The molecule has 0 saturated carbocycles. The maximum atomic E-state index is 14.4. The smallest absolute Gasteiger partial charge is 0.258 e. The molecule has 2 heterocycles. The third-order valence-electron chi connectivity index (χ3n) is 6.68. The first-order valence-corrected chi connectivity index (χ1v) is 12.4. The van der Waals surface area contributed by atoms with Gasteiger partial charge in [-0.2, -0.15) is 5.10 Å². The van der Waals surface area contributed by atoms with Crippen LogP contribution in [0.5, 0.6) is 0 Å². The minimum absolute atomic E-state index is 0.0954. The number of carbonyl (C=O) groups excluding carboxylic acids is 1. The van der Waals surface area contributed by atoms with Crippen molar-refractivity contribution in [3.05, 3.63) is 108 Å². The second-order valence-corrected chi connectivity index (χ2v) is 8.95. The lowest BCUT2D eigenvalue weighted by Crippen LogP contribution is -2.39. The highest BCUT2D eigenvalue weighted by atomic mass is 16.2. The Kier molecular flexibility index (Phi) is 6.57. The number of rotatable bonds is 6. The Morgan fingerprint density at radius 1 is 0.882 bits per heavy atom. The Morgan fingerprint density at radius 3 is 2.21 bits per heavy atom. The molecule has 4 aromatic rings. The molecule has 4 nitrogen and oxygen atoms in total. The molecule has 0 bridgehead atoms. The Morgan fingerprint density at radius 2 is 1.53 bits per heavy atom. The van der Waals surface area contributed by atoms with Gasteiger partial charge in [-0.1, -0.05) is 92.2 Å². The zero-order valence-corrected chi connectivity index (χ0v) is 19.7. The molecular weight excluding hydrogens is 418 g/mol. The van der Waals surface area contributed by atoms with Crippen LogP contribution in [-0.4, -0.2) is 27.1 Å². The highest BCUT2D eigenvalue weighted by Gasteiger charge is 2.34. The number of likely N-dealkylation sites (tertiary alicyclic amines) is 1. The highest BCUT2D eigenvalue weighted by molar-refractivity contribution is 6.01. The average molecular weight is 450 g/mol. The standard InChI is InChI=1S/C30H31N3O/c1-2-14-27-28(30(34)32-22-13-12-21-26(32)23-15-6-3-7-16-23)29(24-17-8-4-9-18-24)31-33(27)25-19-10-5-11-20-25/h3-11,15-20,26H,2,12-14,21-22H2,1H3. The van der Waals surface area contributed by atoms with E-state index < -0.39 is 0 Å². The number of aromatic nitrogens is 2. The van der Waals surface area contributed by atoms with Gasteiger partial charge < -0.3 is 4.90 Å². The first kappa shape index (κ1) is 22.1. The van der Waals surface area contributed by atoms with Crippen molar-refractivity contribution in [1.82, 2.24) is 14.7 Å². The molecule has 1 unspecified atom stereocenters. The van der Waals surface area contributed by atoms with Gasteiger partial charge in [0.2, 0.25) is 0 Å². The molecule has 0 N–H and O–H groups in total. The van der Waals surface area contributed by atoms with Crippen LogP contribution in [0.2, 0.25) is 0 Å². The van der Waals surface area contributed by atoms with Crippen molar-refractivity contribution in [2.24, 2.45) is 0 Å². The SMILES string of the molecule is CCCc1c(C(=O)N2CCCCC2c2ccccc2)c(-c2ccccc2)nn1-c1ccccc1. The van der Waals surface area contributed by atoms with Gasteiger partial charge >= 0.3 is 0 Å². The third kappa shape index (κ3) is 4.28. The Labute approximate surface area is 201 Å². The van der Waals surface area contributed by atoms with Crippen LogP contribution < -0.4 is 0 Å². The van der Waals surface area contributed by atoms with Crippen molar-refractivity contribution in [2.45, 2.75) is 45.1 Å². The quantitative estimate of drug-likeness (QED) is 0.322. The third-order valence-corrected chi connectivity index (χ3v) is 6.68. The largest absolute Gasteiger partial charge is 0.331 e. The van der Waals surface area contributed by atoms with Gasteiger partial charge in [0.1, 0.15) is 5.69 Å². The lowest BCUT2D eigenvalue weighted by Gasteiger charge is -2.36. The van der Waals surface area contributed by atoms with Gasteiger partial charge in [0.15, 0.2) is 0 Å². The molecule has 1 aromatic heterocycles. The van der Waals surface area contributed by atoms with E-state index >= 15 is 0 Å². The molecule has 172 valence electrons. The molecule has 5 rings (SSSR count). The molecular formula is C30H31N3O. The molecule has 1 amide bonds. The lowest BCUT2D eigenvalue weighted by atomic mass is 9.93. The van der Waals surface area contributed by atoms with Gasteiger partial charge in [-0.25, -0.2) is 4.68 Å². The second kappa shape index (κ2) is 10.1. The molecule has 1 saturated heterocycles. The molecule has 4 heteroatoms. The van der Waals surface area contributed by atoms with Crippen LogP contribution in [0.1, 0.15) is 60.3 Å². The number of para-hydroxylation sites is 1. The van der Waals surface area contributed by atoms with E-state index in [0.717, 1.165) is 66.9 Å². The number of nitrogens with zero attached hydrogens (tertiary/aromatic N) is 3. The van der Waals surface area contributed by atoms with Gasteiger partial charge in [-0.3, -0.25) is 4.79 Å². The van der Waals surface area contributed by atoms with Crippen LogP contribution in [0.3, 0.4) is 0 Å². The van der Waals surface area contributed by atoms with Crippen LogP contribution in [0.25, 0.3) is 16.9 Å². The first-order valence-electron chi connectivity index (χ1n) is 12.4. The number of amides is 1. The van der Waals surface area contributed by atoms with E-state index in [-0.39, 0.29) is 11.9 Å². The van der Waals surface area contributed by atoms with Crippen LogP contribution in [0, 0.1) is 0 Å². The minimum Gasteiger partial charge on any atom is -0.331 e. The highest BCUT2D eigenvalue weighted by Crippen LogP contribution is 2.36. The van der Waals surface area contributed by atoms with Gasteiger partial charge in [0.05, 0.1) is 23.0 Å². The van der Waals surface area contributed by atoms with Crippen LogP contribution in [-0.2, 0) is 6.42 Å². The first-order chi connectivity index (χ1) is 16.8. The summed E-state index contributed by atoms with van der Waals surface area (Å²) in [6.07, 6.45) is 4.90. The summed E-state index contributed by atoms with van der Waals surface area (Å²) in [4.78, 5) is 16.5. The van der Waals surface area contributed by atoms with Crippen LogP contribution in [0.4, 0.5) is 0 Å². The minimum atomic E-state index is 0.0954. The molecule has 0 spiro atoms. The van der Waals surface area contributed by atoms with E-state index in [0.29, 0.717) is 0 Å². The molecule has 0 aliphatic carbocycles. The predicted octanol–water partition coefficient (Wildman–Crippen LogP) is 6.86. The summed E-state index contributed by atoms with van der Waals surface area (Å²) in [5.41, 5.74) is 5.70. The lowest BCUT2D eigenvalue weighted by molar-refractivity contribution is 0.0611. The molecule has 3 aromatic carbocycles. The van der Waals surface area contributed by atoms with E-state index in [1.54, 1.807) is 0 Å². The molecule has 1 atom stereocenters. The fourth-order valence-corrected chi connectivity index (χ4v) is 5.07. The predicted molar refractivity (Wildman–Crippen MR) is 137 cm³/mol. The second-order valence-electron chi connectivity index (χ2n) is 8.95. The van der Waals surface area contributed by atoms with Crippen LogP contribution >= 0.6 is 0 Å². The monoisotopic (exact) mass is 449 g/mol. The Hall–Kier alpha value is -3.66. The van der Waals surface area contributed by atoms with E-state index in [4.69, 9.17) is 5.10 Å². The number of benzene rings is 3. The van der Waals surface area contributed by atoms with Gasteiger partial charge in [-0.05, 0) is 43.4 Å². The topological polar surface area (TPSA) is 38.1 Å². The van der Waals surface area contributed by atoms with Crippen molar-refractivity contribution in [2.75, 3.05) is 6.54 Å². The average Bonchev–Trinajstić information content (AvgIpc) is 3.29. The van der Waals surface area contributed by atoms with Gasteiger partial charge in [-0.15, -0.1) is 0 Å². The molecule has 1 fully saturated rings. The van der Waals surface area contributed by atoms with E-state index in [1.165, 1.54) is 5.56 Å². The molecule has 34 heavy (non-hydrogen) atoms. The normalized spacial score (nSPS) is 15.9. The number of hydrogen-bond acceptors (Lipinski definition) is 2. The van der Waals surface area contributed by atoms with Crippen molar-refractivity contribution in [1.29, 1.82) is 0 Å². The zero-order valence-electron chi connectivity index (χ0n) is 19.7. The number of carbonyl (C=O) groups is 1. The fraction of sp³-hybridized carbons (Fsp3) is 0.267. The summed E-state index contributed by atoms with van der Waals surface area (Å²) in [5, 5.41) is 5.05. The van der Waals surface area contributed by atoms with E-state index in [1.807, 2.05) is 47.1 Å². The zero-order chi connectivity index (χ0) is 23.3. The van der Waals surface area contributed by atoms with Gasteiger partial charge in [0.25, 0.3) is 5.91 Å². The maximum absolute atomic E-state index is 14.4. The van der Waals surface area contributed by atoms with Crippen molar-refractivity contribution >= 4 is 5.91 Å². The fourth-order valence-electron chi connectivity index (χ4n) is 5.07. The Bertz CT molecular complexity index is 1230. The molecule has 1 aliphatic rings. The summed E-state index contributed by atoms with van der Waals surface area (Å²) in [5.74, 6) is 0.0954. The maximum Gasteiger partial charge on any atom is 0.258 e. The summed E-state index contributed by atoms with van der Waals surface area (Å²) in [7, 11) is 0. The molecule has 1 aliphatic heterocycles. The van der Waals surface area contributed by atoms with Crippen LogP contribution in [0.15, 0.2) is 91.0 Å². The van der Waals surface area contributed by atoms with E-state index in [9.17, 15) is 4.79 Å². The Balaban J connectivity index is 1.67. The van der Waals surface area contributed by atoms with Gasteiger partial charge in [0, 0.05) is 12.1 Å². The number of piperidine rings is 1. The van der Waals surface area contributed by atoms with E-state index in [2.05, 4.69) is 60.4 Å². The van der Waals surface area contributed by atoms with Crippen molar-refractivity contribution in [3.8, 4) is 16.9 Å². The summed E-state index contributed by atoms with van der Waals surface area (Å²) in [6, 6.07) is 30.9. The molecule has 0 radical (unpaired) electrons. The summed E-state index contributed by atoms with van der Waals surface area (Å²) in [6.45, 7) is 2.93. The number of hydrogen-bond donors (Lipinski definition) is 0. The van der Waals surface area contributed by atoms with Crippen molar-refractivity contribution in [3.63, 3.8) is 0 Å².